The lowest BCUT2D eigenvalue weighted by Gasteiger charge is -2.31. The summed E-state index contributed by atoms with van der Waals surface area (Å²) in [7, 11) is 2.17. The summed E-state index contributed by atoms with van der Waals surface area (Å²) >= 11 is 0. The van der Waals surface area contributed by atoms with Gasteiger partial charge >= 0.3 is 0 Å². The van der Waals surface area contributed by atoms with E-state index in [2.05, 4.69) is 30.8 Å². The minimum atomic E-state index is 0.255. The van der Waals surface area contributed by atoms with Gasteiger partial charge in [0.1, 0.15) is 5.82 Å². The van der Waals surface area contributed by atoms with E-state index in [1.54, 1.807) is 0 Å². The van der Waals surface area contributed by atoms with Crippen molar-refractivity contribution in [1.82, 2.24) is 19.8 Å². The number of hydrogen-bond acceptors (Lipinski definition) is 4. The molecule has 3 heterocycles. The highest BCUT2D eigenvalue weighted by Crippen LogP contribution is 2.26. The van der Waals surface area contributed by atoms with Gasteiger partial charge in [0.05, 0.1) is 5.69 Å². The Kier molecular flexibility index (Phi) is 4.95. The second-order valence-corrected chi connectivity index (χ2v) is 7.44. The second-order valence-electron chi connectivity index (χ2n) is 7.44. The molecule has 1 aromatic rings. The molecule has 0 atom stereocenters. The lowest BCUT2D eigenvalue weighted by Crippen LogP contribution is -2.37. The lowest BCUT2D eigenvalue weighted by molar-refractivity contribution is -0.132. The summed E-state index contributed by atoms with van der Waals surface area (Å²) in [4.78, 5) is 26.0. The number of piperidine rings is 1. The van der Waals surface area contributed by atoms with Crippen molar-refractivity contribution in [2.75, 3.05) is 26.7 Å². The lowest BCUT2D eigenvalue weighted by atomic mass is 9.95. The van der Waals surface area contributed by atoms with Crippen LogP contribution in [0, 0.1) is 5.92 Å². The maximum atomic E-state index is 12.2. The standard InChI is InChI=1S/C18H28N4O/c1-13(2)10-17(23)22-9-6-16-15(12-22)11-19-18(20-16)14-4-7-21(3)8-5-14/h11,13-14H,4-10,12H2,1-3H3. The molecule has 1 amide bonds. The third kappa shape index (κ3) is 3.89. The summed E-state index contributed by atoms with van der Waals surface area (Å²) in [5.41, 5.74) is 2.28. The first-order chi connectivity index (χ1) is 11.0. The van der Waals surface area contributed by atoms with Crippen LogP contribution in [0.1, 0.15) is 56.1 Å². The van der Waals surface area contributed by atoms with Crippen molar-refractivity contribution in [2.24, 2.45) is 5.92 Å². The van der Waals surface area contributed by atoms with Crippen LogP contribution in [0.25, 0.3) is 0 Å². The third-order valence-corrected chi connectivity index (χ3v) is 4.97. The predicted molar refractivity (Wildman–Crippen MR) is 90.1 cm³/mol. The molecular formula is C18H28N4O. The van der Waals surface area contributed by atoms with Gasteiger partial charge in [0.15, 0.2) is 0 Å². The number of nitrogens with zero attached hydrogens (tertiary/aromatic N) is 4. The molecule has 0 bridgehead atoms. The van der Waals surface area contributed by atoms with Gasteiger partial charge in [-0.15, -0.1) is 0 Å². The van der Waals surface area contributed by atoms with Crippen LogP contribution < -0.4 is 0 Å². The third-order valence-electron chi connectivity index (χ3n) is 4.97. The Hall–Kier alpha value is -1.49. The Labute approximate surface area is 139 Å². The highest BCUT2D eigenvalue weighted by molar-refractivity contribution is 5.76. The molecule has 0 saturated carbocycles. The molecule has 0 aliphatic carbocycles. The van der Waals surface area contributed by atoms with E-state index in [-0.39, 0.29) is 5.91 Å². The Morgan fingerprint density at radius 1 is 1.30 bits per heavy atom. The zero-order chi connectivity index (χ0) is 16.4. The molecule has 0 aromatic carbocycles. The molecule has 1 aromatic heterocycles. The van der Waals surface area contributed by atoms with Crippen LogP contribution in [-0.4, -0.2) is 52.4 Å². The van der Waals surface area contributed by atoms with E-state index in [1.807, 2.05) is 11.1 Å². The van der Waals surface area contributed by atoms with E-state index in [1.165, 1.54) is 0 Å². The molecule has 0 spiro atoms. The molecule has 0 radical (unpaired) electrons. The van der Waals surface area contributed by atoms with Crippen molar-refractivity contribution < 1.29 is 4.79 Å². The van der Waals surface area contributed by atoms with E-state index in [0.717, 1.165) is 56.0 Å². The van der Waals surface area contributed by atoms with Crippen molar-refractivity contribution in [3.8, 4) is 0 Å². The number of hydrogen-bond donors (Lipinski definition) is 0. The zero-order valence-electron chi connectivity index (χ0n) is 14.6. The van der Waals surface area contributed by atoms with Crippen molar-refractivity contribution in [3.63, 3.8) is 0 Å². The van der Waals surface area contributed by atoms with Crippen LogP contribution in [-0.2, 0) is 17.8 Å². The van der Waals surface area contributed by atoms with Gasteiger partial charge in [0, 0.05) is 43.6 Å². The van der Waals surface area contributed by atoms with Crippen LogP contribution >= 0.6 is 0 Å². The van der Waals surface area contributed by atoms with Gasteiger partial charge in [-0.05, 0) is 38.9 Å². The van der Waals surface area contributed by atoms with Crippen molar-refractivity contribution >= 4 is 5.91 Å². The smallest absolute Gasteiger partial charge is 0.223 e. The largest absolute Gasteiger partial charge is 0.338 e. The summed E-state index contributed by atoms with van der Waals surface area (Å²) in [5.74, 6) is 2.17. The van der Waals surface area contributed by atoms with E-state index >= 15 is 0 Å². The second kappa shape index (κ2) is 6.95. The maximum absolute atomic E-state index is 12.2. The first-order valence-corrected chi connectivity index (χ1v) is 8.84. The van der Waals surface area contributed by atoms with E-state index in [0.29, 0.717) is 24.8 Å². The van der Waals surface area contributed by atoms with Gasteiger partial charge in [-0.25, -0.2) is 9.97 Å². The number of amides is 1. The SMILES string of the molecule is CC(C)CC(=O)N1CCc2nc(C3CCN(C)CC3)ncc2C1. The zero-order valence-corrected chi connectivity index (χ0v) is 14.6. The van der Waals surface area contributed by atoms with Gasteiger partial charge in [-0.2, -0.15) is 0 Å². The Morgan fingerprint density at radius 3 is 2.74 bits per heavy atom. The van der Waals surface area contributed by atoms with Gasteiger partial charge in [0.25, 0.3) is 0 Å². The van der Waals surface area contributed by atoms with Crippen molar-refractivity contribution in [2.45, 2.75) is 52.0 Å². The molecule has 2 aliphatic heterocycles. The minimum absolute atomic E-state index is 0.255. The summed E-state index contributed by atoms with van der Waals surface area (Å²) in [6.45, 7) is 7.90. The van der Waals surface area contributed by atoms with Crippen LogP contribution in [0.3, 0.4) is 0 Å². The molecule has 126 valence electrons. The normalized spacial score (nSPS) is 19.9. The summed E-state index contributed by atoms with van der Waals surface area (Å²) < 4.78 is 0. The molecule has 0 unspecified atom stereocenters. The molecular weight excluding hydrogens is 288 g/mol. The molecule has 23 heavy (non-hydrogen) atoms. The number of fused-ring (bicyclic) bond motifs is 1. The first-order valence-electron chi connectivity index (χ1n) is 8.84. The first kappa shape index (κ1) is 16.4. The monoisotopic (exact) mass is 316 g/mol. The van der Waals surface area contributed by atoms with Crippen molar-refractivity contribution in [3.05, 3.63) is 23.3 Å². The average Bonchev–Trinajstić information content (AvgIpc) is 2.54. The number of carbonyl (C=O) groups excluding carboxylic acids is 1. The Morgan fingerprint density at radius 2 is 2.04 bits per heavy atom. The van der Waals surface area contributed by atoms with Gasteiger partial charge < -0.3 is 9.80 Å². The van der Waals surface area contributed by atoms with Crippen LogP contribution in [0.15, 0.2) is 6.20 Å². The fourth-order valence-electron chi connectivity index (χ4n) is 3.49. The Bertz CT molecular complexity index is 564. The molecule has 1 saturated heterocycles. The highest BCUT2D eigenvalue weighted by atomic mass is 16.2. The quantitative estimate of drug-likeness (QED) is 0.858. The highest BCUT2D eigenvalue weighted by Gasteiger charge is 2.25. The topological polar surface area (TPSA) is 49.3 Å². The predicted octanol–water partition coefficient (Wildman–Crippen LogP) is 2.22. The van der Waals surface area contributed by atoms with E-state index in [4.69, 9.17) is 4.98 Å². The summed E-state index contributed by atoms with van der Waals surface area (Å²) in [6.07, 6.45) is 5.75. The number of carbonyl (C=O) groups is 1. The molecule has 0 N–H and O–H groups in total. The average molecular weight is 316 g/mol. The molecule has 5 heteroatoms. The number of likely N-dealkylation sites (tertiary alicyclic amines) is 1. The van der Waals surface area contributed by atoms with Crippen LogP contribution in [0.5, 0.6) is 0 Å². The molecule has 1 fully saturated rings. The Balaban J connectivity index is 1.67. The maximum Gasteiger partial charge on any atom is 0.223 e. The van der Waals surface area contributed by atoms with E-state index in [9.17, 15) is 4.79 Å². The summed E-state index contributed by atoms with van der Waals surface area (Å²) in [5, 5.41) is 0. The summed E-state index contributed by atoms with van der Waals surface area (Å²) in [6, 6.07) is 0. The van der Waals surface area contributed by atoms with Crippen LogP contribution in [0.4, 0.5) is 0 Å². The fraction of sp³-hybridized carbons (Fsp3) is 0.722. The van der Waals surface area contributed by atoms with Crippen LogP contribution in [0.2, 0.25) is 0 Å². The molecule has 2 aliphatic rings. The van der Waals surface area contributed by atoms with E-state index < -0.39 is 0 Å². The molecule has 5 nitrogen and oxygen atoms in total. The number of rotatable bonds is 3. The molecule has 3 rings (SSSR count). The van der Waals surface area contributed by atoms with Gasteiger partial charge in [-0.1, -0.05) is 13.8 Å². The minimum Gasteiger partial charge on any atom is -0.338 e. The fourth-order valence-corrected chi connectivity index (χ4v) is 3.49. The van der Waals surface area contributed by atoms with Gasteiger partial charge in [0.2, 0.25) is 5.91 Å². The van der Waals surface area contributed by atoms with Crippen molar-refractivity contribution in [1.29, 1.82) is 0 Å². The van der Waals surface area contributed by atoms with Gasteiger partial charge in [-0.3, -0.25) is 4.79 Å². The number of aromatic nitrogens is 2.